The average Bonchev–Trinajstić information content (AvgIpc) is 4.11. The summed E-state index contributed by atoms with van der Waals surface area (Å²) < 4.78 is 7.26. The summed E-state index contributed by atoms with van der Waals surface area (Å²) in [6.07, 6.45) is 12.6. The molecular weight excluding hydrogens is 949 g/mol. The van der Waals surface area contributed by atoms with Crippen molar-refractivity contribution in [1.82, 2.24) is 59.4 Å². The summed E-state index contributed by atoms with van der Waals surface area (Å²) in [5.74, 6) is 0. The molecule has 15 heteroatoms. The minimum Gasteiger partial charge on any atom is -0.268 e. The van der Waals surface area contributed by atoms with Crippen molar-refractivity contribution >= 4 is 86.7 Å². The van der Waals surface area contributed by atoms with Gasteiger partial charge in [-0.25, -0.2) is 24.9 Å². The molecule has 0 aliphatic carbocycles. The van der Waals surface area contributed by atoms with Crippen LogP contribution in [0.5, 0.6) is 0 Å². The van der Waals surface area contributed by atoms with E-state index in [0.717, 1.165) is 65.1 Å². The zero-order chi connectivity index (χ0) is 54.2. The van der Waals surface area contributed by atoms with Gasteiger partial charge in [0.2, 0.25) is 0 Å². The molecule has 0 aliphatic heterocycles. The maximum Gasteiger partial charge on any atom is 0.170 e. The smallest absolute Gasteiger partial charge is 0.170 e. The number of nitrogens with zero attached hydrogens (tertiary/aromatic N) is 12. The van der Waals surface area contributed by atoms with Gasteiger partial charge in [-0.2, -0.15) is 10.2 Å². The highest BCUT2D eigenvalue weighted by Gasteiger charge is 2.21. The molecule has 0 atom stereocenters. The standard InChI is InChI=1S/2C12H17N3.3C6H4N2S.3C5H12/c1-8-6-10-9(7-13-15(10)5)11(14-8)12(2,3)4;1-8-6-10-9(7-13-15(10)5)14-11(8)12(2,3)4;1-2-7-3-5-6(1)9-4-8-5;1-2-7-3-6-5(1)8-4-9-6;1-2-5-6(7-3-1)8-4-9-5;3*1-5(2,3)4/h2*6-7H,1-5H3;3*1-4H;3*1-4H3. The molecule has 388 valence electrons. The molecule has 0 radical (unpaired) electrons. The highest BCUT2D eigenvalue weighted by atomic mass is 32.1. The third-order valence-corrected chi connectivity index (χ3v) is 11.0. The summed E-state index contributed by atoms with van der Waals surface area (Å²) in [6, 6.07) is 12.0. The lowest BCUT2D eigenvalue weighted by molar-refractivity contribution is 0.469. The number of aromatic nitrogens is 12. The van der Waals surface area contributed by atoms with Crippen molar-refractivity contribution in [2.24, 2.45) is 30.3 Å². The molecule has 10 aromatic heterocycles. The molecule has 0 fully saturated rings. The van der Waals surface area contributed by atoms with Crippen LogP contribution < -0.4 is 0 Å². The first kappa shape index (κ1) is 60.7. The van der Waals surface area contributed by atoms with Gasteiger partial charge in [-0.05, 0) is 72.1 Å². The summed E-state index contributed by atoms with van der Waals surface area (Å²) in [5, 5.41) is 9.66. The molecule has 10 heterocycles. The Hall–Kier alpha value is -5.64. The van der Waals surface area contributed by atoms with E-state index in [1.54, 1.807) is 64.3 Å². The number of thiazole rings is 3. The summed E-state index contributed by atoms with van der Waals surface area (Å²) in [4.78, 5) is 33.4. The van der Waals surface area contributed by atoms with Crippen molar-refractivity contribution in [1.29, 1.82) is 0 Å². The molecule has 72 heavy (non-hydrogen) atoms. The first-order chi connectivity index (χ1) is 33.2. The Bertz CT molecular complexity index is 2860. The number of aryl methyl sites for hydroxylation is 4. The second kappa shape index (κ2) is 26.4. The van der Waals surface area contributed by atoms with Crippen LogP contribution in [0, 0.1) is 30.1 Å². The van der Waals surface area contributed by atoms with Crippen LogP contribution in [-0.2, 0) is 24.9 Å². The van der Waals surface area contributed by atoms with E-state index in [1.165, 1.54) is 10.3 Å². The Labute approximate surface area is 442 Å². The van der Waals surface area contributed by atoms with Crippen molar-refractivity contribution in [2.75, 3.05) is 0 Å². The first-order valence-electron chi connectivity index (χ1n) is 24.2. The molecule has 0 unspecified atom stereocenters. The molecule has 10 aromatic rings. The molecule has 0 bridgehead atoms. The highest BCUT2D eigenvalue weighted by Crippen LogP contribution is 2.29. The van der Waals surface area contributed by atoms with Crippen LogP contribution >= 0.6 is 34.0 Å². The minimum absolute atomic E-state index is 0.0628. The van der Waals surface area contributed by atoms with E-state index in [1.807, 2.05) is 84.3 Å². The second-order valence-corrected chi connectivity index (χ2v) is 26.9. The van der Waals surface area contributed by atoms with Gasteiger partial charge in [-0.1, -0.05) is 125 Å². The van der Waals surface area contributed by atoms with E-state index in [2.05, 4.69) is 194 Å². The Kier molecular flexibility index (Phi) is 22.2. The average molecular weight is 1030 g/mol. The van der Waals surface area contributed by atoms with Crippen LogP contribution in [0.1, 0.15) is 147 Å². The lowest BCUT2D eigenvalue weighted by atomic mass is 9.88. The predicted octanol–water partition coefficient (Wildman–Crippen LogP) is 16.4. The van der Waals surface area contributed by atoms with Crippen molar-refractivity contribution in [3.8, 4) is 0 Å². The van der Waals surface area contributed by atoms with Crippen molar-refractivity contribution < 1.29 is 0 Å². The molecule has 10 rings (SSSR count). The zero-order valence-corrected chi connectivity index (χ0v) is 49.8. The van der Waals surface area contributed by atoms with Crippen LogP contribution in [0.25, 0.3) is 52.7 Å². The lowest BCUT2D eigenvalue weighted by Gasteiger charge is -2.20. The highest BCUT2D eigenvalue weighted by molar-refractivity contribution is 7.17. The van der Waals surface area contributed by atoms with E-state index in [0.29, 0.717) is 16.2 Å². The minimum atomic E-state index is 0.0628. The summed E-state index contributed by atoms with van der Waals surface area (Å²) in [5.41, 5.74) is 17.8. The van der Waals surface area contributed by atoms with Gasteiger partial charge in [0, 0.05) is 66.5 Å². The topological polar surface area (TPSA) is 139 Å². The fraction of sp³-hybridized carbons (Fsp3) is 0.474. The molecule has 0 aliphatic rings. The third kappa shape index (κ3) is 22.4. The molecule has 0 saturated carbocycles. The number of pyridine rings is 5. The van der Waals surface area contributed by atoms with Gasteiger partial charge < -0.3 is 0 Å². The van der Waals surface area contributed by atoms with Crippen molar-refractivity contribution in [2.45, 2.75) is 149 Å². The molecule has 12 nitrogen and oxygen atoms in total. The van der Waals surface area contributed by atoms with Gasteiger partial charge in [-0.3, -0.25) is 24.3 Å². The van der Waals surface area contributed by atoms with Crippen LogP contribution in [0.3, 0.4) is 0 Å². The largest absolute Gasteiger partial charge is 0.268 e. The van der Waals surface area contributed by atoms with Gasteiger partial charge in [-0.15, -0.1) is 34.0 Å². The summed E-state index contributed by atoms with van der Waals surface area (Å²) in [7, 11) is 3.91. The van der Waals surface area contributed by atoms with Gasteiger partial charge in [0.25, 0.3) is 0 Å². The van der Waals surface area contributed by atoms with Crippen LogP contribution in [0.4, 0.5) is 0 Å². The van der Waals surface area contributed by atoms with Gasteiger partial charge >= 0.3 is 0 Å². The monoisotopic (exact) mass is 1030 g/mol. The maximum atomic E-state index is 4.68. The molecular formula is C57H82N12S3. The van der Waals surface area contributed by atoms with Gasteiger partial charge in [0.1, 0.15) is 5.52 Å². The fourth-order valence-corrected chi connectivity index (χ4v) is 7.82. The molecule has 0 saturated heterocycles. The van der Waals surface area contributed by atoms with Crippen LogP contribution in [0.15, 0.2) is 96.3 Å². The van der Waals surface area contributed by atoms with E-state index < -0.39 is 0 Å². The van der Waals surface area contributed by atoms with Crippen LogP contribution in [0.2, 0.25) is 0 Å². The Morgan fingerprint density at radius 1 is 0.444 bits per heavy atom. The number of hydrogen-bond donors (Lipinski definition) is 0. The number of hydrogen-bond acceptors (Lipinski definition) is 13. The van der Waals surface area contributed by atoms with Gasteiger partial charge in [0.05, 0.1) is 77.0 Å². The van der Waals surface area contributed by atoms with Crippen LogP contribution in [-0.4, -0.2) is 59.4 Å². The molecule has 0 amide bonds. The number of fused-ring (bicyclic) bond motifs is 5. The quantitative estimate of drug-likeness (QED) is 0.144. The first-order valence-corrected chi connectivity index (χ1v) is 26.8. The fourth-order valence-electron chi connectivity index (χ4n) is 5.89. The predicted molar refractivity (Wildman–Crippen MR) is 312 cm³/mol. The van der Waals surface area contributed by atoms with E-state index in [9.17, 15) is 0 Å². The third-order valence-electron chi connectivity index (χ3n) is 8.59. The van der Waals surface area contributed by atoms with Gasteiger partial charge in [0.15, 0.2) is 5.65 Å². The Morgan fingerprint density at radius 3 is 1.53 bits per heavy atom. The van der Waals surface area contributed by atoms with E-state index >= 15 is 0 Å². The van der Waals surface area contributed by atoms with Crippen molar-refractivity contribution in [3.05, 3.63) is 119 Å². The maximum absolute atomic E-state index is 4.68. The normalized spacial score (nSPS) is 11.5. The van der Waals surface area contributed by atoms with Crippen molar-refractivity contribution in [3.63, 3.8) is 0 Å². The lowest BCUT2D eigenvalue weighted by Crippen LogP contribution is -2.15. The SMILES string of the molecule is CC(C)(C)C.CC(C)(C)C.CC(C)(C)C.Cc1cc2c(cnn2C)c(C(C)(C)C)n1.Cc1cc2c(cnn2C)nc1C(C)(C)C.c1cc2ncsc2cn1.c1cc2scnc2cn1.c1cnc2ncsc2c1. The van der Waals surface area contributed by atoms with E-state index in [4.69, 9.17) is 0 Å². The Balaban J connectivity index is 0.000000225. The molecule has 0 aromatic carbocycles. The molecule has 0 spiro atoms. The zero-order valence-electron chi connectivity index (χ0n) is 47.3. The summed E-state index contributed by atoms with van der Waals surface area (Å²) in [6.45, 7) is 43.5. The Morgan fingerprint density at radius 2 is 0.958 bits per heavy atom. The summed E-state index contributed by atoms with van der Waals surface area (Å²) >= 11 is 4.86. The molecule has 0 N–H and O–H groups in total. The second-order valence-electron chi connectivity index (χ2n) is 24.2. The van der Waals surface area contributed by atoms with E-state index in [-0.39, 0.29) is 10.8 Å². The number of rotatable bonds is 0.